The molecule has 4 aromatic rings. The van der Waals surface area contributed by atoms with E-state index in [0.29, 0.717) is 5.58 Å². The number of Topliss-reactive ketones (excluding diaryl/α,β-unsaturated/α-hetero) is 1. The van der Waals surface area contributed by atoms with E-state index in [2.05, 4.69) is 15.9 Å². The highest BCUT2D eigenvalue weighted by Gasteiger charge is 2.44. The van der Waals surface area contributed by atoms with E-state index in [0.717, 1.165) is 26.2 Å². The molecule has 1 amide bonds. The maximum Gasteiger partial charge on any atom is 0.290 e. The third-order valence-electron chi connectivity index (χ3n) is 5.90. The number of fused-ring (bicyclic) bond motifs is 2. The normalized spacial score (nSPS) is 16.4. The number of hydrogen-bond acceptors (Lipinski definition) is 5. The lowest BCUT2D eigenvalue weighted by Crippen LogP contribution is -2.34. The minimum Gasteiger partial charge on any atom is -0.503 e. The number of nitrogens with zero attached hydrogens (tertiary/aromatic N) is 1. The lowest BCUT2D eigenvalue weighted by molar-refractivity contribution is -0.130. The lowest BCUT2D eigenvalue weighted by Gasteiger charge is -2.27. The van der Waals surface area contributed by atoms with Crippen LogP contribution in [0, 0.1) is 0 Å². The fourth-order valence-corrected chi connectivity index (χ4v) is 4.76. The summed E-state index contributed by atoms with van der Waals surface area (Å²) in [4.78, 5) is 28.2. The highest BCUT2D eigenvalue weighted by atomic mass is 79.9. The maximum atomic E-state index is 13.7. The molecular formula is C26H20BrNO5. The van der Waals surface area contributed by atoms with Crippen LogP contribution in [0.15, 0.2) is 87.0 Å². The van der Waals surface area contributed by atoms with Crippen molar-refractivity contribution in [3.8, 4) is 0 Å². The Morgan fingerprint density at radius 3 is 2.70 bits per heavy atom. The van der Waals surface area contributed by atoms with Crippen LogP contribution in [-0.4, -0.2) is 42.0 Å². The third kappa shape index (κ3) is 3.63. The average Bonchev–Trinajstić information content (AvgIpc) is 3.35. The molecule has 0 spiro atoms. The summed E-state index contributed by atoms with van der Waals surface area (Å²) >= 11 is 3.42. The predicted molar refractivity (Wildman–Crippen MR) is 128 cm³/mol. The van der Waals surface area contributed by atoms with Gasteiger partial charge in [0.1, 0.15) is 5.58 Å². The Hall–Kier alpha value is -3.42. The van der Waals surface area contributed by atoms with Crippen LogP contribution in [0.4, 0.5) is 0 Å². The highest BCUT2D eigenvalue weighted by Crippen LogP contribution is 2.42. The fraction of sp³-hybridized carbons (Fsp3) is 0.154. The van der Waals surface area contributed by atoms with Crippen LogP contribution in [0.2, 0.25) is 0 Å². The molecular weight excluding hydrogens is 486 g/mol. The lowest BCUT2D eigenvalue weighted by atomic mass is 9.91. The molecule has 1 unspecified atom stereocenters. The molecule has 0 fully saturated rings. The van der Waals surface area contributed by atoms with Gasteiger partial charge in [-0.25, -0.2) is 0 Å². The van der Waals surface area contributed by atoms with E-state index in [1.54, 1.807) is 19.2 Å². The number of carbonyl (C=O) groups excluding carboxylic acids is 2. The quantitative estimate of drug-likeness (QED) is 0.346. The van der Waals surface area contributed by atoms with Crippen molar-refractivity contribution in [2.75, 3.05) is 20.3 Å². The van der Waals surface area contributed by atoms with Crippen LogP contribution < -0.4 is 0 Å². The van der Waals surface area contributed by atoms with Gasteiger partial charge in [-0.05, 0) is 40.6 Å². The highest BCUT2D eigenvalue weighted by molar-refractivity contribution is 9.10. The largest absolute Gasteiger partial charge is 0.503 e. The van der Waals surface area contributed by atoms with Crippen molar-refractivity contribution in [2.24, 2.45) is 0 Å². The average molecular weight is 506 g/mol. The molecule has 0 radical (unpaired) electrons. The number of rotatable bonds is 6. The van der Waals surface area contributed by atoms with Gasteiger partial charge in [-0.1, -0.05) is 58.4 Å². The molecule has 166 valence electrons. The number of amides is 1. The van der Waals surface area contributed by atoms with E-state index >= 15 is 0 Å². The zero-order chi connectivity index (χ0) is 23.1. The number of aliphatic hydroxyl groups is 1. The topological polar surface area (TPSA) is 80.0 Å². The van der Waals surface area contributed by atoms with Crippen molar-refractivity contribution in [3.05, 3.63) is 93.9 Å². The molecule has 5 rings (SSSR count). The van der Waals surface area contributed by atoms with Gasteiger partial charge in [-0.3, -0.25) is 9.59 Å². The van der Waals surface area contributed by atoms with Gasteiger partial charge in [-0.2, -0.15) is 0 Å². The Morgan fingerprint density at radius 2 is 1.88 bits per heavy atom. The van der Waals surface area contributed by atoms with Crippen LogP contribution in [0.5, 0.6) is 0 Å². The van der Waals surface area contributed by atoms with E-state index in [-0.39, 0.29) is 24.5 Å². The maximum absolute atomic E-state index is 13.7. The van der Waals surface area contributed by atoms with E-state index in [9.17, 15) is 14.7 Å². The first-order chi connectivity index (χ1) is 16.0. The minimum atomic E-state index is -0.772. The number of carbonyl (C=O) groups is 2. The SMILES string of the molecule is COCCN1C(=O)C(O)=C(C(=O)c2cc3cc(Br)ccc3o2)C1c1cccc2ccccc12. The van der Waals surface area contributed by atoms with Gasteiger partial charge >= 0.3 is 0 Å². The third-order valence-corrected chi connectivity index (χ3v) is 6.40. The Labute approximate surface area is 198 Å². The number of hydrogen-bond donors (Lipinski definition) is 1. The van der Waals surface area contributed by atoms with E-state index < -0.39 is 23.5 Å². The van der Waals surface area contributed by atoms with Gasteiger partial charge in [-0.15, -0.1) is 0 Å². The molecule has 2 heterocycles. The second-order valence-corrected chi connectivity index (χ2v) is 8.76. The summed E-state index contributed by atoms with van der Waals surface area (Å²) in [6, 6.07) is 19.8. The smallest absolute Gasteiger partial charge is 0.290 e. The predicted octanol–water partition coefficient (Wildman–Crippen LogP) is 5.57. The van der Waals surface area contributed by atoms with Crippen molar-refractivity contribution >= 4 is 49.4 Å². The van der Waals surface area contributed by atoms with Crippen LogP contribution >= 0.6 is 15.9 Å². The molecule has 0 bridgehead atoms. The molecule has 3 aromatic carbocycles. The summed E-state index contributed by atoms with van der Waals surface area (Å²) in [6.45, 7) is 0.484. The summed E-state index contributed by atoms with van der Waals surface area (Å²) in [5, 5.41) is 13.5. The van der Waals surface area contributed by atoms with Crippen LogP contribution in [0.25, 0.3) is 21.7 Å². The summed E-state index contributed by atoms with van der Waals surface area (Å²) in [6.07, 6.45) is 0. The molecule has 1 aliphatic heterocycles. The number of benzene rings is 3. The van der Waals surface area contributed by atoms with Crippen LogP contribution in [-0.2, 0) is 9.53 Å². The van der Waals surface area contributed by atoms with Crippen molar-refractivity contribution in [3.63, 3.8) is 0 Å². The molecule has 1 atom stereocenters. The molecule has 0 saturated carbocycles. The molecule has 1 aromatic heterocycles. The van der Waals surface area contributed by atoms with E-state index in [4.69, 9.17) is 9.15 Å². The number of aliphatic hydroxyl groups excluding tert-OH is 1. The number of ether oxygens (including phenoxy) is 1. The molecule has 1 N–H and O–H groups in total. The first-order valence-corrected chi connectivity index (χ1v) is 11.2. The van der Waals surface area contributed by atoms with Crippen LogP contribution in [0.1, 0.15) is 22.2 Å². The Balaban J connectivity index is 1.67. The molecule has 7 heteroatoms. The summed E-state index contributed by atoms with van der Waals surface area (Å²) in [5.41, 5.74) is 1.30. The second-order valence-electron chi connectivity index (χ2n) is 7.85. The monoisotopic (exact) mass is 505 g/mol. The van der Waals surface area contributed by atoms with Crippen molar-refractivity contribution in [1.82, 2.24) is 4.90 Å². The first-order valence-electron chi connectivity index (χ1n) is 10.4. The summed E-state index contributed by atoms with van der Waals surface area (Å²) in [7, 11) is 1.54. The Morgan fingerprint density at radius 1 is 1.09 bits per heavy atom. The number of ketones is 1. The summed E-state index contributed by atoms with van der Waals surface area (Å²) in [5.74, 6) is -1.62. The van der Waals surface area contributed by atoms with Crippen molar-refractivity contribution in [1.29, 1.82) is 0 Å². The van der Waals surface area contributed by atoms with Crippen LogP contribution in [0.3, 0.4) is 0 Å². The number of halogens is 1. The molecule has 0 aliphatic carbocycles. The standard InChI is InChI=1S/C26H20BrNO5/c1-32-12-11-28-23(19-8-4-6-15-5-2-3-7-18(15)19)22(25(30)26(28)31)24(29)21-14-16-13-17(27)9-10-20(16)33-21/h2-10,13-14,23,30H,11-12H2,1H3. The summed E-state index contributed by atoms with van der Waals surface area (Å²) < 4.78 is 11.8. The van der Waals surface area contributed by atoms with Gasteiger partial charge in [0.15, 0.2) is 11.5 Å². The molecule has 1 aliphatic rings. The van der Waals surface area contributed by atoms with Gasteiger partial charge in [0, 0.05) is 23.5 Å². The van der Waals surface area contributed by atoms with E-state index in [1.807, 2.05) is 54.6 Å². The van der Waals surface area contributed by atoms with Gasteiger partial charge in [0.2, 0.25) is 5.78 Å². The number of methoxy groups -OCH3 is 1. The second kappa shape index (κ2) is 8.50. The fourth-order valence-electron chi connectivity index (χ4n) is 4.38. The van der Waals surface area contributed by atoms with Gasteiger partial charge in [0.25, 0.3) is 5.91 Å². The number of furan rings is 1. The first kappa shape index (κ1) is 21.4. The molecule has 0 saturated heterocycles. The van der Waals surface area contributed by atoms with Crippen molar-refractivity contribution in [2.45, 2.75) is 6.04 Å². The van der Waals surface area contributed by atoms with Gasteiger partial charge in [0.05, 0.1) is 18.2 Å². The minimum absolute atomic E-state index is 0.00516. The van der Waals surface area contributed by atoms with E-state index in [1.165, 1.54) is 4.90 Å². The Bertz CT molecular complexity index is 1430. The Kier molecular flexibility index (Phi) is 5.52. The van der Waals surface area contributed by atoms with Crippen molar-refractivity contribution < 1.29 is 23.8 Å². The molecule has 6 nitrogen and oxygen atoms in total. The van der Waals surface area contributed by atoms with Gasteiger partial charge < -0.3 is 19.2 Å². The molecule has 33 heavy (non-hydrogen) atoms. The zero-order valence-electron chi connectivity index (χ0n) is 17.7. The zero-order valence-corrected chi connectivity index (χ0v) is 19.3.